The van der Waals surface area contributed by atoms with Crippen molar-refractivity contribution in [3.63, 3.8) is 0 Å². The first-order chi connectivity index (χ1) is 11.9. The highest BCUT2D eigenvalue weighted by Gasteiger charge is 2.21. The van der Waals surface area contributed by atoms with Crippen LogP contribution < -0.4 is 0 Å². The maximum absolute atomic E-state index is 11.9. The van der Waals surface area contributed by atoms with Crippen LogP contribution in [0.4, 0.5) is 0 Å². The van der Waals surface area contributed by atoms with E-state index in [1.807, 2.05) is 0 Å². The molecule has 0 aliphatic carbocycles. The quantitative estimate of drug-likeness (QED) is 0.437. The Labute approximate surface area is 164 Å². The Bertz CT molecular complexity index is 948. The summed E-state index contributed by atoms with van der Waals surface area (Å²) in [5, 5.41) is 1.77. The molecule has 0 N–H and O–H groups in total. The van der Waals surface area contributed by atoms with Crippen molar-refractivity contribution in [2.24, 2.45) is 4.99 Å². The minimum Gasteiger partial charge on any atom is -0.403 e. The fourth-order valence-electron chi connectivity index (χ4n) is 2.07. The van der Waals surface area contributed by atoms with E-state index < -0.39 is 5.97 Å². The summed E-state index contributed by atoms with van der Waals surface area (Å²) >= 11 is 24.0. The second kappa shape index (κ2) is 7.63. The van der Waals surface area contributed by atoms with Gasteiger partial charge >= 0.3 is 5.97 Å². The SMILES string of the molecule is O=C1OC(/C=C/c2cccc(Cl)c2Cl)=NC/1=C\c1ccc(Cl)cc1Cl. The monoisotopic (exact) mass is 411 g/mol. The first kappa shape index (κ1) is 18.0. The lowest BCUT2D eigenvalue weighted by Gasteiger charge is -1.99. The van der Waals surface area contributed by atoms with Crippen LogP contribution in [0, 0.1) is 0 Å². The zero-order valence-corrected chi connectivity index (χ0v) is 15.5. The topological polar surface area (TPSA) is 38.7 Å². The molecule has 3 rings (SSSR count). The van der Waals surface area contributed by atoms with Gasteiger partial charge in [-0.1, -0.05) is 64.6 Å². The summed E-state index contributed by atoms with van der Waals surface area (Å²) in [6.07, 6.45) is 4.74. The molecule has 1 heterocycles. The third-order valence-electron chi connectivity index (χ3n) is 3.28. The number of hydrogen-bond acceptors (Lipinski definition) is 3. The van der Waals surface area contributed by atoms with Crippen molar-refractivity contribution >= 4 is 70.4 Å². The normalized spacial score (nSPS) is 15.8. The summed E-state index contributed by atoms with van der Waals surface area (Å²) in [7, 11) is 0. The van der Waals surface area contributed by atoms with Crippen molar-refractivity contribution in [1.82, 2.24) is 0 Å². The summed E-state index contributed by atoms with van der Waals surface area (Å²) in [4.78, 5) is 16.1. The number of aliphatic imine (C=N–C) groups is 1. The van der Waals surface area contributed by atoms with Crippen molar-refractivity contribution < 1.29 is 9.53 Å². The molecule has 0 saturated heterocycles. The Morgan fingerprint density at radius 2 is 1.72 bits per heavy atom. The van der Waals surface area contributed by atoms with E-state index in [1.54, 1.807) is 48.6 Å². The van der Waals surface area contributed by atoms with Gasteiger partial charge < -0.3 is 4.74 Å². The second-order valence-corrected chi connectivity index (χ2v) is 6.64. The molecule has 0 fully saturated rings. The van der Waals surface area contributed by atoms with E-state index >= 15 is 0 Å². The number of benzene rings is 2. The number of cyclic esters (lactones) is 1. The van der Waals surface area contributed by atoms with E-state index in [4.69, 9.17) is 51.1 Å². The molecule has 1 aliphatic heterocycles. The molecule has 0 spiro atoms. The highest BCUT2D eigenvalue weighted by Crippen LogP contribution is 2.27. The first-order valence-electron chi connectivity index (χ1n) is 7.04. The van der Waals surface area contributed by atoms with Crippen LogP contribution in [0.2, 0.25) is 20.1 Å². The van der Waals surface area contributed by atoms with Gasteiger partial charge in [0.05, 0.1) is 10.0 Å². The molecule has 0 aromatic heterocycles. The molecular formula is C18H9Cl4NO2. The number of halogens is 4. The van der Waals surface area contributed by atoms with Crippen LogP contribution in [0.1, 0.15) is 11.1 Å². The summed E-state index contributed by atoms with van der Waals surface area (Å²) in [5.74, 6) is -0.416. The van der Waals surface area contributed by atoms with Gasteiger partial charge in [-0.05, 0) is 41.5 Å². The third kappa shape index (κ3) is 4.25. The van der Waals surface area contributed by atoms with Gasteiger partial charge in [0.1, 0.15) is 0 Å². The van der Waals surface area contributed by atoms with Crippen LogP contribution >= 0.6 is 46.4 Å². The minimum absolute atomic E-state index is 0.140. The molecule has 7 heteroatoms. The van der Waals surface area contributed by atoms with Gasteiger partial charge in [0.2, 0.25) is 5.90 Å². The fraction of sp³-hybridized carbons (Fsp3) is 0. The molecule has 0 saturated carbocycles. The zero-order valence-electron chi connectivity index (χ0n) is 12.5. The van der Waals surface area contributed by atoms with E-state index in [0.717, 1.165) is 0 Å². The number of hydrogen-bond donors (Lipinski definition) is 0. The van der Waals surface area contributed by atoms with Crippen molar-refractivity contribution in [3.05, 3.63) is 79.4 Å². The predicted octanol–water partition coefficient (Wildman–Crippen LogP) is 6.31. The minimum atomic E-state index is -0.567. The number of rotatable bonds is 3. The molecule has 0 unspecified atom stereocenters. The zero-order chi connectivity index (χ0) is 18.0. The molecule has 1 aliphatic rings. The average Bonchev–Trinajstić information content (AvgIpc) is 2.91. The highest BCUT2D eigenvalue weighted by atomic mass is 35.5. The lowest BCUT2D eigenvalue weighted by Crippen LogP contribution is -2.01. The van der Waals surface area contributed by atoms with Crippen LogP contribution in [0.3, 0.4) is 0 Å². The fourth-order valence-corrected chi connectivity index (χ4v) is 2.91. The van der Waals surface area contributed by atoms with Gasteiger partial charge in [0, 0.05) is 16.1 Å². The number of ether oxygens (including phenoxy) is 1. The molecule has 3 nitrogen and oxygen atoms in total. The van der Waals surface area contributed by atoms with Crippen LogP contribution in [-0.4, -0.2) is 11.9 Å². The molecule has 2 aromatic carbocycles. The van der Waals surface area contributed by atoms with Crippen molar-refractivity contribution in [2.75, 3.05) is 0 Å². The number of esters is 1. The lowest BCUT2D eigenvalue weighted by molar-refractivity contribution is -0.129. The second-order valence-electron chi connectivity index (χ2n) is 5.01. The van der Waals surface area contributed by atoms with Crippen molar-refractivity contribution in [2.45, 2.75) is 0 Å². The van der Waals surface area contributed by atoms with Gasteiger partial charge in [-0.2, -0.15) is 0 Å². The molecule has 0 radical (unpaired) electrons. The van der Waals surface area contributed by atoms with Gasteiger partial charge in [-0.3, -0.25) is 0 Å². The molecule has 2 aromatic rings. The standard InChI is InChI=1S/C18H9Cl4NO2/c19-12-6-4-11(14(21)9-12)8-15-18(24)25-16(23-15)7-5-10-2-1-3-13(20)17(10)22/h1-9H/b7-5+,15-8-. The maximum atomic E-state index is 11.9. The van der Waals surface area contributed by atoms with Crippen LogP contribution in [0.25, 0.3) is 12.2 Å². The van der Waals surface area contributed by atoms with Gasteiger partial charge in [0.15, 0.2) is 5.70 Å². The lowest BCUT2D eigenvalue weighted by atomic mass is 10.2. The Morgan fingerprint density at radius 1 is 0.920 bits per heavy atom. The Kier molecular flexibility index (Phi) is 5.50. The smallest absolute Gasteiger partial charge is 0.363 e. The van der Waals surface area contributed by atoms with Crippen molar-refractivity contribution in [1.29, 1.82) is 0 Å². The van der Waals surface area contributed by atoms with Crippen molar-refractivity contribution in [3.8, 4) is 0 Å². The summed E-state index contributed by atoms with van der Waals surface area (Å²) < 4.78 is 5.11. The molecule has 0 amide bonds. The Balaban J connectivity index is 1.86. The van der Waals surface area contributed by atoms with Crippen LogP contribution in [0.15, 0.2) is 53.2 Å². The number of carbonyl (C=O) groups excluding carboxylic acids is 1. The van der Waals surface area contributed by atoms with Gasteiger partial charge in [-0.15, -0.1) is 0 Å². The molecule has 0 bridgehead atoms. The number of carbonyl (C=O) groups is 1. The molecule has 126 valence electrons. The van der Waals surface area contributed by atoms with E-state index in [-0.39, 0.29) is 11.6 Å². The van der Waals surface area contributed by atoms with E-state index in [0.29, 0.717) is 31.2 Å². The van der Waals surface area contributed by atoms with E-state index in [9.17, 15) is 4.79 Å². The summed E-state index contributed by atoms with van der Waals surface area (Å²) in [6.45, 7) is 0. The highest BCUT2D eigenvalue weighted by molar-refractivity contribution is 6.43. The van der Waals surface area contributed by atoms with Gasteiger partial charge in [-0.25, -0.2) is 9.79 Å². The molecule has 25 heavy (non-hydrogen) atoms. The largest absolute Gasteiger partial charge is 0.403 e. The Morgan fingerprint density at radius 3 is 2.48 bits per heavy atom. The maximum Gasteiger partial charge on any atom is 0.363 e. The Hall–Kier alpha value is -1.78. The molecular weight excluding hydrogens is 404 g/mol. The average molecular weight is 413 g/mol. The van der Waals surface area contributed by atoms with E-state index in [2.05, 4.69) is 4.99 Å². The summed E-state index contributed by atoms with van der Waals surface area (Å²) in [6, 6.07) is 10.2. The third-order valence-corrected chi connectivity index (χ3v) is 4.67. The first-order valence-corrected chi connectivity index (χ1v) is 8.55. The molecule has 0 atom stereocenters. The summed E-state index contributed by atoms with van der Waals surface area (Å²) in [5.41, 5.74) is 1.44. The van der Waals surface area contributed by atoms with Crippen LogP contribution in [0.5, 0.6) is 0 Å². The van der Waals surface area contributed by atoms with Gasteiger partial charge in [0.25, 0.3) is 0 Å². The number of nitrogens with zero attached hydrogens (tertiary/aromatic N) is 1. The predicted molar refractivity (Wildman–Crippen MR) is 103 cm³/mol. The van der Waals surface area contributed by atoms with Crippen LogP contribution in [-0.2, 0) is 9.53 Å². The van der Waals surface area contributed by atoms with E-state index in [1.165, 1.54) is 6.08 Å².